The van der Waals surface area contributed by atoms with Crippen LogP contribution < -0.4 is 5.32 Å². The van der Waals surface area contributed by atoms with Crippen molar-refractivity contribution in [3.05, 3.63) is 70.5 Å². The van der Waals surface area contributed by atoms with Crippen molar-refractivity contribution in [2.24, 2.45) is 0 Å². The lowest BCUT2D eigenvalue weighted by atomic mass is 10.1. The van der Waals surface area contributed by atoms with Crippen molar-refractivity contribution >= 4 is 39.3 Å². The van der Waals surface area contributed by atoms with Gasteiger partial charge in [0.1, 0.15) is 5.69 Å². The second-order valence-corrected chi connectivity index (χ2v) is 5.41. The average Bonchev–Trinajstić information content (AvgIpc) is 3.02. The van der Waals surface area contributed by atoms with Crippen molar-refractivity contribution < 1.29 is 9.72 Å². The molecule has 4 aromatic rings. The number of nitro benzene ring substituents is 1. The van der Waals surface area contributed by atoms with Gasteiger partial charge in [-0.2, -0.15) is 0 Å². The number of hydrogen-bond acceptors (Lipinski definition) is 5. The zero-order valence-corrected chi connectivity index (χ0v) is 12.8. The molecular weight excluding hydrogens is 322 g/mol. The Hall–Kier alpha value is -3.81. The molecule has 25 heavy (non-hydrogen) atoms. The molecule has 0 saturated heterocycles. The van der Waals surface area contributed by atoms with E-state index < -0.39 is 10.8 Å². The number of pyridine rings is 1. The lowest BCUT2D eigenvalue weighted by molar-refractivity contribution is -0.384. The van der Waals surface area contributed by atoms with Gasteiger partial charge in [0.2, 0.25) is 5.95 Å². The molecule has 122 valence electrons. The minimum Gasteiger partial charge on any atom is -0.324 e. The van der Waals surface area contributed by atoms with Gasteiger partial charge in [0.05, 0.1) is 16.0 Å². The molecule has 0 bridgehead atoms. The molecule has 2 aromatic heterocycles. The van der Waals surface area contributed by atoms with Crippen LogP contribution in [0.2, 0.25) is 0 Å². The number of nitrogens with one attached hydrogen (secondary N) is 2. The number of fused-ring (bicyclic) bond motifs is 2. The van der Waals surface area contributed by atoms with Crippen LogP contribution in [0.25, 0.3) is 21.8 Å². The van der Waals surface area contributed by atoms with Crippen LogP contribution in [0.5, 0.6) is 0 Å². The number of nitrogens with zero attached hydrogens (tertiary/aromatic N) is 3. The summed E-state index contributed by atoms with van der Waals surface area (Å²) in [5.41, 5.74) is 1.18. The molecule has 8 heteroatoms. The number of carbonyl (C=O) groups is 1. The van der Waals surface area contributed by atoms with E-state index in [0.29, 0.717) is 11.0 Å². The molecule has 0 fully saturated rings. The molecule has 0 aliphatic carbocycles. The molecule has 0 saturated carbocycles. The molecule has 0 atom stereocenters. The molecule has 0 aliphatic heterocycles. The fourth-order valence-electron chi connectivity index (χ4n) is 2.55. The first-order valence-corrected chi connectivity index (χ1v) is 7.40. The van der Waals surface area contributed by atoms with E-state index in [1.54, 1.807) is 18.3 Å². The number of rotatable bonds is 3. The second-order valence-electron chi connectivity index (χ2n) is 5.41. The summed E-state index contributed by atoms with van der Waals surface area (Å²) in [7, 11) is 0. The van der Waals surface area contributed by atoms with Crippen LogP contribution in [-0.4, -0.2) is 25.8 Å². The van der Waals surface area contributed by atoms with Crippen LogP contribution in [-0.2, 0) is 0 Å². The molecule has 0 unspecified atom stereocenters. The molecule has 0 aliphatic rings. The van der Waals surface area contributed by atoms with Crippen molar-refractivity contribution in [2.75, 3.05) is 5.32 Å². The smallest absolute Gasteiger partial charge is 0.276 e. The number of benzene rings is 2. The number of aromatic amines is 1. The van der Waals surface area contributed by atoms with Crippen LogP contribution in [0.15, 0.2) is 54.7 Å². The zero-order chi connectivity index (χ0) is 17.4. The minimum atomic E-state index is -0.495. The van der Waals surface area contributed by atoms with Gasteiger partial charge in [-0.25, -0.2) is 4.98 Å². The summed E-state index contributed by atoms with van der Waals surface area (Å²) in [6.07, 6.45) is 1.63. The Balaban J connectivity index is 1.62. The molecule has 0 radical (unpaired) electrons. The Kier molecular flexibility index (Phi) is 3.35. The van der Waals surface area contributed by atoms with E-state index in [4.69, 9.17) is 0 Å². The molecule has 8 nitrogen and oxygen atoms in total. The Morgan fingerprint density at radius 2 is 1.92 bits per heavy atom. The number of imidazole rings is 1. The highest BCUT2D eigenvalue weighted by Gasteiger charge is 2.13. The lowest BCUT2D eigenvalue weighted by Gasteiger charge is -2.02. The average molecular weight is 333 g/mol. The number of aromatic nitrogens is 3. The minimum absolute atomic E-state index is 0.0620. The third-order valence-corrected chi connectivity index (χ3v) is 3.77. The van der Waals surface area contributed by atoms with Crippen LogP contribution in [0, 0.1) is 10.1 Å². The number of anilines is 1. The summed E-state index contributed by atoms with van der Waals surface area (Å²) < 4.78 is 0. The maximum absolute atomic E-state index is 12.4. The lowest BCUT2D eigenvalue weighted by Crippen LogP contribution is -2.14. The summed E-state index contributed by atoms with van der Waals surface area (Å²) in [5.74, 6) is -0.213. The summed E-state index contributed by atoms with van der Waals surface area (Å²) in [5, 5.41) is 15.3. The first-order valence-electron chi connectivity index (χ1n) is 7.40. The summed E-state index contributed by atoms with van der Waals surface area (Å²) in [4.78, 5) is 33.9. The van der Waals surface area contributed by atoms with Crippen LogP contribution in [0.1, 0.15) is 10.5 Å². The van der Waals surface area contributed by atoms with E-state index in [9.17, 15) is 14.9 Å². The van der Waals surface area contributed by atoms with Crippen molar-refractivity contribution in [1.29, 1.82) is 0 Å². The van der Waals surface area contributed by atoms with E-state index in [2.05, 4.69) is 20.3 Å². The van der Waals surface area contributed by atoms with Crippen LogP contribution in [0.4, 0.5) is 11.6 Å². The first-order chi connectivity index (χ1) is 12.1. The first kappa shape index (κ1) is 14.8. The second kappa shape index (κ2) is 5.68. The Labute approximate surface area is 140 Å². The third kappa shape index (κ3) is 2.76. The summed E-state index contributed by atoms with van der Waals surface area (Å²) >= 11 is 0. The van der Waals surface area contributed by atoms with E-state index in [-0.39, 0.29) is 17.3 Å². The van der Waals surface area contributed by atoms with Crippen LogP contribution in [0.3, 0.4) is 0 Å². The van der Waals surface area contributed by atoms with Gasteiger partial charge in [0, 0.05) is 23.7 Å². The highest BCUT2D eigenvalue weighted by atomic mass is 16.6. The molecule has 0 spiro atoms. The largest absolute Gasteiger partial charge is 0.324 e. The van der Waals surface area contributed by atoms with Gasteiger partial charge in [0.15, 0.2) is 0 Å². The topological polar surface area (TPSA) is 114 Å². The van der Waals surface area contributed by atoms with E-state index in [0.717, 1.165) is 10.8 Å². The van der Waals surface area contributed by atoms with Gasteiger partial charge in [0.25, 0.3) is 11.6 Å². The SMILES string of the molecule is O=C(Nc1nc2cc([N+](=O)[O-])ccc2[nH]1)c1cc2ccccc2cn1. The van der Waals surface area contributed by atoms with Gasteiger partial charge in [-0.05, 0) is 17.5 Å². The fourth-order valence-corrected chi connectivity index (χ4v) is 2.55. The van der Waals surface area contributed by atoms with E-state index in [1.165, 1.54) is 12.1 Å². The molecule has 2 aromatic carbocycles. The van der Waals surface area contributed by atoms with Gasteiger partial charge >= 0.3 is 0 Å². The number of non-ortho nitro benzene ring substituents is 1. The monoisotopic (exact) mass is 333 g/mol. The normalized spacial score (nSPS) is 10.9. The summed E-state index contributed by atoms with van der Waals surface area (Å²) in [6, 6.07) is 13.5. The molecule has 1 amide bonds. The maximum Gasteiger partial charge on any atom is 0.276 e. The molecule has 2 N–H and O–H groups in total. The van der Waals surface area contributed by atoms with Crippen molar-refractivity contribution in [3.8, 4) is 0 Å². The molecular formula is C17H11N5O3. The quantitative estimate of drug-likeness (QED) is 0.441. The van der Waals surface area contributed by atoms with Gasteiger partial charge in [-0.1, -0.05) is 24.3 Å². The number of carbonyl (C=O) groups excluding carboxylic acids is 1. The van der Waals surface area contributed by atoms with Crippen molar-refractivity contribution in [3.63, 3.8) is 0 Å². The highest BCUT2D eigenvalue weighted by molar-refractivity contribution is 6.04. The summed E-state index contributed by atoms with van der Waals surface area (Å²) in [6.45, 7) is 0. The Morgan fingerprint density at radius 1 is 1.12 bits per heavy atom. The van der Waals surface area contributed by atoms with Crippen LogP contribution >= 0.6 is 0 Å². The van der Waals surface area contributed by atoms with Crippen molar-refractivity contribution in [2.45, 2.75) is 0 Å². The number of nitro groups is 1. The standard InChI is InChI=1S/C17H11N5O3/c23-16(15-7-10-3-1-2-4-11(10)9-18-15)21-17-19-13-6-5-12(22(24)25)8-14(13)20-17/h1-9H,(H2,19,20,21,23). The maximum atomic E-state index is 12.4. The van der Waals surface area contributed by atoms with Gasteiger partial charge < -0.3 is 4.98 Å². The Morgan fingerprint density at radius 3 is 2.72 bits per heavy atom. The van der Waals surface area contributed by atoms with Gasteiger partial charge in [-0.15, -0.1) is 0 Å². The van der Waals surface area contributed by atoms with E-state index >= 15 is 0 Å². The third-order valence-electron chi connectivity index (χ3n) is 3.77. The Bertz CT molecular complexity index is 1140. The highest BCUT2D eigenvalue weighted by Crippen LogP contribution is 2.21. The predicted molar refractivity (Wildman–Crippen MR) is 92.4 cm³/mol. The number of amides is 1. The molecule has 4 rings (SSSR count). The fraction of sp³-hybridized carbons (Fsp3) is 0. The molecule has 2 heterocycles. The van der Waals surface area contributed by atoms with E-state index in [1.807, 2.05) is 24.3 Å². The number of H-pyrrole nitrogens is 1. The predicted octanol–water partition coefficient (Wildman–Crippen LogP) is 3.27. The van der Waals surface area contributed by atoms with Gasteiger partial charge in [-0.3, -0.25) is 25.2 Å². The zero-order valence-electron chi connectivity index (χ0n) is 12.8. The number of hydrogen-bond donors (Lipinski definition) is 2. The van der Waals surface area contributed by atoms with Crippen molar-refractivity contribution in [1.82, 2.24) is 15.0 Å².